The maximum Gasteiger partial charge on any atom is 0.287 e. The highest BCUT2D eigenvalue weighted by Crippen LogP contribution is 2.56. The average Bonchev–Trinajstić information content (AvgIpc) is 2.75. The first-order valence-corrected chi connectivity index (χ1v) is 11.0. The van der Waals surface area contributed by atoms with Gasteiger partial charge >= 0.3 is 0 Å². The zero-order valence-corrected chi connectivity index (χ0v) is 16.6. The van der Waals surface area contributed by atoms with Crippen molar-refractivity contribution in [3.05, 3.63) is 115 Å². The van der Waals surface area contributed by atoms with Crippen molar-refractivity contribution >= 4 is 36.0 Å². The first-order valence-electron chi connectivity index (χ1n) is 8.84. The molecule has 0 amide bonds. The van der Waals surface area contributed by atoms with Crippen LogP contribution < -0.4 is 20.4 Å². The number of thiol groups is 1. The van der Waals surface area contributed by atoms with Crippen molar-refractivity contribution in [3.63, 3.8) is 0 Å². The third-order valence-corrected chi connectivity index (χ3v) is 8.38. The predicted octanol–water partition coefficient (Wildman–Crippen LogP) is 5.26. The lowest BCUT2D eigenvalue weighted by atomic mass is 10.3. The molecule has 0 saturated heterocycles. The topological polar surface area (TPSA) is 9.23 Å². The second kappa shape index (κ2) is 8.00. The molecule has 0 atom stereocenters. The summed E-state index contributed by atoms with van der Waals surface area (Å²) in [5.74, 6) is 0.797. The third kappa shape index (κ3) is 3.51. The second-order valence-electron chi connectivity index (χ2n) is 6.17. The van der Waals surface area contributed by atoms with Crippen LogP contribution >= 0.6 is 20.1 Å². The first-order chi connectivity index (χ1) is 13.3. The summed E-state index contributed by atoms with van der Waals surface area (Å²) in [5.41, 5.74) is 0. The number of rotatable bonds is 5. The van der Waals surface area contributed by atoms with Crippen LogP contribution in [-0.4, -0.2) is 0 Å². The summed E-state index contributed by atoms with van der Waals surface area (Å²) in [5, 5.41) is 3.54. The van der Waals surface area contributed by atoms with E-state index in [9.17, 15) is 0 Å². The smallest absolute Gasteiger partial charge is 0.287 e. The molecule has 1 nitrogen and oxygen atoms in total. The summed E-state index contributed by atoms with van der Waals surface area (Å²) in [7, 11) is -2.35. The van der Waals surface area contributed by atoms with E-state index in [-0.39, 0.29) is 0 Å². The van der Waals surface area contributed by atoms with Gasteiger partial charge in [0.2, 0.25) is 0 Å². The Balaban J connectivity index is 2.02. The highest BCUT2D eigenvalue weighted by atomic mass is 32.1. The van der Waals surface area contributed by atoms with Crippen molar-refractivity contribution < 1.29 is 4.52 Å². The molecule has 0 radical (unpaired) electrons. The predicted molar refractivity (Wildman–Crippen MR) is 119 cm³/mol. The number of benzene rings is 4. The monoisotopic (exact) mass is 387 g/mol. The fraction of sp³-hybridized carbons (Fsp3) is 0. The largest absolute Gasteiger partial charge is 0.333 e. The van der Waals surface area contributed by atoms with E-state index in [1.54, 1.807) is 0 Å². The van der Waals surface area contributed by atoms with E-state index in [0.717, 1.165) is 10.6 Å². The summed E-state index contributed by atoms with van der Waals surface area (Å²) in [4.78, 5) is 0.838. The molecule has 4 aromatic rings. The lowest BCUT2D eigenvalue weighted by Crippen LogP contribution is -2.34. The fourth-order valence-electron chi connectivity index (χ4n) is 3.20. The lowest BCUT2D eigenvalue weighted by Gasteiger charge is -2.26. The Morgan fingerprint density at radius 3 is 1.26 bits per heavy atom. The summed E-state index contributed by atoms with van der Waals surface area (Å²) in [6.07, 6.45) is 0. The van der Waals surface area contributed by atoms with E-state index < -0.39 is 7.49 Å². The number of hydrogen-bond acceptors (Lipinski definition) is 2. The molecule has 0 aliphatic carbocycles. The van der Waals surface area contributed by atoms with Crippen LogP contribution in [0, 0.1) is 0 Å². The van der Waals surface area contributed by atoms with Crippen molar-refractivity contribution in [2.45, 2.75) is 4.90 Å². The van der Waals surface area contributed by atoms with Crippen LogP contribution in [-0.2, 0) is 0 Å². The Morgan fingerprint density at radius 2 is 0.852 bits per heavy atom. The maximum atomic E-state index is 6.93. The molecule has 0 aromatic heterocycles. The van der Waals surface area contributed by atoms with Crippen molar-refractivity contribution in [3.8, 4) is 5.75 Å². The van der Waals surface area contributed by atoms with Gasteiger partial charge in [0.15, 0.2) is 5.75 Å². The highest BCUT2D eigenvalue weighted by molar-refractivity contribution is 7.92. The van der Waals surface area contributed by atoms with Crippen molar-refractivity contribution in [1.29, 1.82) is 0 Å². The summed E-state index contributed by atoms with van der Waals surface area (Å²) in [6, 6.07) is 39.5. The van der Waals surface area contributed by atoms with Gasteiger partial charge in [-0.2, -0.15) is 0 Å². The Labute approximate surface area is 166 Å². The summed E-state index contributed by atoms with van der Waals surface area (Å²) < 4.78 is 6.93. The van der Waals surface area contributed by atoms with E-state index in [1.165, 1.54) is 15.9 Å². The van der Waals surface area contributed by atoms with Crippen molar-refractivity contribution in [2.24, 2.45) is 0 Å². The lowest BCUT2D eigenvalue weighted by molar-refractivity contribution is 0.604. The van der Waals surface area contributed by atoms with E-state index in [4.69, 9.17) is 4.52 Å². The zero-order valence-electron chi connectivity index (χ0n) is 14.8. The van der Waals surface area contributed by atoms with Gasteiger partial charge in [0, 0.05) is 0 Å². The van der Waals surface area contributed by atoms with Crippen molar-refractivity contribution in [1.82, 2.24) is 0 Å². The summed E-state index contributed by atoms with van der Waals surface area (Å²) >= 11 is 4.64. The van der Waals surface area contributed by atoms with Gasteiger partial charge in [0.1, 0.15) is 15.9 Å². The molecule has 132 valence electrons. The standard InChI is InChI=1S/C24H19OPS/c27-24-19-11-10-18-23(24)25-26(20-12-4-1-5-13-20,21-14-6-2-7-15-21)22-16-8-3-9-17-22/h1-19H/p+1. The SMILES string of the molecule is Sc1ccccc1O[P+](c1ccccc1)(c1ccccc1)c1ccccc1. The van der Waals surface area contributed by atoms with Gasteiger partial charge in [0.25, 0.3) is 7.49 Å². The molecule has 0 N–H and O–H groups in total. The van der Waals surface area contributed by atoms with Crippen LogP contribution in [0.5, 0.6) is 5.75 Å². The van der Waals surface area contributed by atoms with Crippen molar-refractivity contribution in [2.75, 3.05) is 0 Å². The Bertz CT molecular complexity index is 907. The Hall–Kier alpha value is -2.54. The van der Waals surface area contributed by atoms with Crippen LogP contribution in [0.15, 0.2) is 120 Å². The van der Waals surface area contributed by atoms with E-state index in [2.05, 4.69) is 85.4 Å². The molecule has 0 aliphatic rings. The van der Waals surface area contributed by atoms with Gasteiger partial charge in [-0.25, -0.2) is 0 Å². The molecular formula is C24H20OPS+. The molecule has 0 bridgehead atoms. The molecule has 27 heavy (non-hydrogen) atoms. The number of hydrogen-bond donors (Lipinski definition) is 1. The molecule has 0 heterocycles. The minimum absolute atomic E-state index is 0.797. The molecule has 4 aromatic carbocycles. The van der Waals surface area contributed by atoms with Crippen LogP contribution in [0.4, 0.5) is 0 Å². The van der Waals surface area contributed by atoms with E-state index in [1.807, 2.05) is 42.5 Å². The van der Waals surface area contributed by atoms with Gasteiger partial charge in [-0.15, -0.1) is 12.6 Å². The van der Waals surface area contributed by atoms with Gasteiger partial charge in [-0.3, -0.25) is 0 Å². The molecular weight excluding hydrogens is 367 g/mol. The summed E-state index contributed by atoms with van der Waals surface area (Å²) in [6.45, 7) is 0. The molecule has 0 saturated carbocycles. The minimum atomic E-state index is -2.35. The maximum absolute atomic E-state index is 6.93. The second-order valence-corrected chi connectivity index (χ2v) is 9.61. The van der Waals surface area contributed by atoms with Crippen LogP contribution in [0.1, 0.15) is 0 Å². The normalized spacial score (nSPS) is 11.1. The van der Waals surface area contributed by atoms with E-state index >= 15 is 0 Å². The van der Waals surface area contributed by atoms with Gasteiger partial charge in [-0.05, 0) is 48.5 Å². The highest BCUT2D eigenvalue weighted by Gasteiger charge is 2.49. The van der Waals surface area contributed by atoms with Gasteiger partial charge in [0.05, 0.1) is 4.90 Å². The molecule has 3 heteroatoms. The van der Waals surface area contributed by atoms with E-state index in [0.29, 0.717) is 0 Å². The third-order valence-electron chi connectivity index (χ3n) is 4.46. The number of para-hydroxylation sites is 1. The van der Waals surface area contributed by atoms with Crippen LogP contribution in [0.3, 0.4) is 0 Å². The molecule has 0 spiro atoms. The zero-order chi connectivity index (χ0) is 18.5. The quantitative estimate of drug-likeness (QED) is 0.363. The Kier molecular flexibility index (Phi) is 5.29. The first kappa shape index (κ1) is 17.9. The molecule has 0 fully saturated rings. The molecule has 0 unspecified atom stereocenters. The molecule has 0 aliphatic heterocycles. The van der Waals surface area contributed by atoms with Crippen LogP contribution in [0.25, 0.3) is 0 Å². The van der Waals surface area contributed by atoms with Gasteiger partial charge < -0.3 is 4.52 Å². The van der Waals surface area contributed by atoms with Gasteiger partial charge in [-0.1, -0.05) is 66.7 Å². The minimum Gasteiger partial charge on any atom is -0.333 e. The Morgan fingerprint density at radius 1 is 0.481 bits per heavy atom. The van der Waals surface area contributed by atoms with Crippen LogP contribution in [0.2, 0.25) is 0 Å². The average molecular weight is 387 g/mol. The fourth-order valence-corrected chi connectivity index (χ4v) is 6.92. The molecule has 4 rings (SSSR count).